The molecule has 5 heteroatoms. The summed E-state index contributed by atoms with van der Waals surface area (Å²) < 4.78 is 5.15. The molecule has 0 bridgehead atoms. The lowest BCUT2D eigenvalue weighted by molar-refractivity contribution is 0.0466. The summed E-state index contributed by atoms with van der Waals surface area (Å²) in [6.07, 6.45) is 1.32. The van der Waals surface area contributed by atoms with Crippen LogP contribution in [0.5, 0.6) is 0 Å². The normalized spacial score (nSPS) is 10.6. The van der Waals surface area contributed by atoms with E-state index in [0.717, 1.165) is 5.56 Å². The Labute approximate surface area is 117 Å². The molecule has 1 aromatic heterocycles. The average molecular weight is 272 g/mol. The van der Waals surface area contributed by atoms with Crippen LogP contribution in [0.25, 0.3) is 0 Å². The van der Waals surface area contributed by atoms with E-state index in [1.807, 2.05) is 30.3 Å². The second-order valence-electron chi connectivity index (χ2n) is 4.73. The maximum Gasteiger partial charge on any atom is 0.356 e. The summed E-state index contributed by atoms with van der Waals surface area (Å²) in [5.41, 5.74) is 1.09. The predicted octanol–water partition coefficient (Wildman–Crippen LogP) is 2.61. The van der Waals surface area contributed by atoms with Crippen LogP contribution in [0.1, 0.15) is 40.5 Å². The van der Waals surface area contributed by atoms with Crippen molar-refractivity contribution in [3.8, 4) is 0 Å². The third-order valence-electron chi connectivity index (χ3n) is 2.77. The van der Waals surface area contributed by atoms with Crippen molar-refractivity contribution < 1.29 is 14.3 Å². The Bertz CT molecular complexity index is 603. The lowest BCUT2D eigenvalue weighted by Gasteiger charge is -2.03. The number of hydrogen-bond donors (Lipinski definition) is 1. The number of aromatic nitrogens is 2. The highest BCUT2D eigenvalue weighted by Gasteiger charge is 2.17. The standard InChI is InChI=1S/C15H16N2O3/c1-10(2)13(18)14-16-8-12(17-14)15(19)20-9-11-6-4-3-5-7-11/h3-8,10H,9H2,1-2H3,(H,16,17). The van der Waals surface area contributed by atoms with Crippen molar-refractivity contribution in [1.29, 1.82) is 0 Å². The Balaban J connectivity index is 1.98. The van der Waals surface area contributed by atoms with Gasteiger partial charge in [-0.1, -0.05) is 44.2 Å². The Morgan fingerprint density at radius 1 is 1.25 bits per heavy atom. The third kappa shape index (κ3) is 3.32. The van der Waals surface area contributed by atoms with Crippen LogP contribution in [0.15, 0.2) is 36.5 Å². The zero-order valence-corrected chi connectivity index (χ0v) is 11.4. The summed E-state index contributed by atoms with van der Waals surface area (Å²) in [5, 5.41) is 0. The van der Waals surface area contributed by atoms with Gasteiger partial charge in [0.25, 0.3) is 0 Å². The van der Waals surface area contributed by atoms with Gasteiger partial charge in [-0.15, -0.1) is 0 Å². The fourth-order valence-electron chi connectivity index (χ4n) is 1.62. The van der Waals surface area contributed by atoms with E-state index in [1.165, 1.54) is 6.20 Å². The molecular formula is C15H16N2O3. The van der Waals surface area contributed by atoms with Gasteiger partial charge in [-0.05, 0) is 5.56 Å². The van der Waals surface area contributed by atoms with Crippen LogP contribution in [0.3, 0.4) is 0 Å². The Morgan fingerprint density at radius 2 is 1.95 bits per heavy atom. The highest BCUT2D eigenvalue weighted by Crippen LogP contribution is 2.08. The van der Waals surface area contributed by atoms with Gasteiger partial charge in [-0.2, -0.15) is 0 Å². The monoisotopic (exact) mass is 272 g/mol. The molecule has 20 heavy (non-hydrogen) atoms. The van der Waals surface area contributed by atoms with Crippen LogP contribution in [0.4, 0.5) is 0 Å². The highest BCUT2D eigenvalue weighted by molar-refractivity contribution is 5.96. The maximum absolute atomic E-state index is 11.8. The Hall–Kier alpha value is -2.43. The molecule has 1 aromatic carbocycles. The van der Waals surface area contributed by atoms with E-state index in [1.54, 1.807) is 13.8 Å². The summed E-state index contributed by atoms with van der Waals surface area (Å²) >= 11 is 0. The van der Waals surface area contributed by atoms with Gasteiger partial charge >= 0.3 is 5.97 Å². The second kappa shape index (κ2) is 6.14. The first-order chi connectivity index (χ1) is 9.58. The van der Waals surface area contributed by atoms with E-state index in [0.29, 0.717) is 0 Å². The molecule has 1 N–H and O–H groups in total. The van der Waals surface area contributed by atoms with Gasteiger partial charge in [0.2, 0.25) is 5.78 Å². The van der Waals surface area contributed by atoms with E-state index >= 15 is 0 Å². The number of nitrogens with zero attached hydrogens (tertiary/aromatic N) is 1. The van der Waals surface area contributed by atoms with Crippen LogP contribution < -0.4 is 0 Å². The number of carbonyl (C=O) groups is 2. The molecule has 0 aliphatic carbocycles. The highest BCUT2D eigenvalue weighted by atomic mass is 16.5. The van der Waals surface area contributed by atoms with Crippen molar-refractivity contribution in [1.82, 2.24) is 9.97 Å². The maximum atomic E-state index is 11.8. The van der Waals surface area contributed by atoms with E-state index in [-0.39, 0.29) is 29.8 Å². The molecule has 0 aliphatic heterocycles. The van der Waals surface area contributed by atoms with Crippen LogP contribution in [-0.4, -0.2) is 21.7 Å². The number of rotatable bonds is 5. The Morgan fingerprint density at radius 3 is 2.60 bits per heavy atom. The third-order valence-corrected chi connectivity index (χ3v) is 2.77. The number of ketones is 1. The number of Topliss-reactive ketones (excluding diaryl/α,β-unsaturated/α-hetero) is 1. The molecule has 0 amide bonds. The summed E-state index contributed by atoms with van der Waals surface area (Å²) in [7, 11) is 0. The van der Waals surface area contributed by atoms with Crippen LogP contribution >= 0.6 is 0 Å². The van der Waals surface area contributed by atoms with Crippen molar-refractivity contribution in [2.24, 2.45) is 5.92 Å². The number of ether oxygens (including phenoxy) is 1. The number of benzene rings is 1. The molecule has 0 fully saturated rings. The first-order valence-corrected chi connectivity index (χ1v) is 6.38. The summed E-state index contributed by atoms with van der Waals surface area (Å²) in [4.78, 5) is 30.1. The van der Waals surface area contributed by atoms with Crippen LogP contribution in [0, 0.1) is 5.92 Å². The van der Waals surface area contributed by atoms with Gasteiger partial charge in [0.05, 0.1) is 6.20 Å². The number of esters is 1. The molecule has 2 rings (SSSR count). The molecule has 0 saturated carbocycles. The smallest absolute Gasteiger partial charge is 0.356 e. The van der Waals surface area contributed by atoms with E-state index in [2.05, 4.69) is 9.97 Å². The SMILES string of the molecule is CC(C)C(=O)c1ncc(C(=O)OCc2ccccc2)[nH]1. The van der Waals surface area contributed by atoms with E-state index in [9.17, 15) is 9.59 Å². The quantitative estimate of drug-likeness (QED) is 0.670. The van der Waals surface area contributed by atoms with E-state index < -0.39 is 5.97 Å². The van der Waals surface area contributed by atoms with Crippen molar-refractivity contribution in [3.63, 3.8) is 0 Å². The topological polar surface area (TPSA) is 72.1 Å². The molecule has 2 aromatic rings. The number of aromatic amines is 1. The average Bonchev–Trinajstić information content (AvgIpc) is 2.94. The molecule has 0 unspecified atom stereocenters. The molecule has 1 heterocycles. The molecule has 0 spiro atoms. The molecule has 0 radical (unpaired) electrons. The van der Waals surface area contributed by atoms with Gasteiger partial charge in [-0.25, -0.2) is 9.78 Å². The Kier molecular flexibility index (Phi) is 4.30. The zero-order chi connectivity index (χ0) is 14.5. The van der Waals surface area contributed by atoms with Gasteiger partial charge in [0.1, 0.15) is 12.3 Å². The minimum atomic E-state index is -0.524. The predicted molar refractivity (Wildman–Crippen MR) is 73.3 cm³/mol. The number of nitrogens with one attached hydrogen (secondary N) is 1. The zero-order valence-electron chi connectivity index (χ0n) is 11.4. The van der Waals surface area contributed by atoms with Crippen molar-refractivity contribution in [2.45, 2.75) is 20.5 Å². The van der Waals surface area contributed by atoms with Crippen molar-refractivity contribution in [3.05, 3.63) is 53.6 Å². The number of imidazole rings is 1. The fourth-order valence-corrected chi connectivity index (χ4v) is 1.62. The number of hydrogen-bond acceptors (Lipinski definition) is 4. The van der Waals surface area contributed by atoms with Gasteiger partial charge in [-0.3, -0.25) is 4.79 Å². The first-order valence-electron chi connectivity index (χ1n) is 6.38. The van der Waals surface area contributed by atoms with E-state index in [4.69, 9.17) is 4.74 Å². The fraction of sp³-hybridized carbons (Fsp3) is 0.267. The molecule has 0 saturated heterocycles. The molecule has 5 nitrogen and oxygen atoms in total. The lowest BCUT2D eigenvalue weighted by Crippen LogP contribution is -2.10. The summed E-state index contributed by atoms with van der Waals surface area (Å²) in [6.45, 7) is 3.74. The molecule has 0 atom stereocenters. The van der Waals surface area contributed by atoms with Crippen molar-refractivity contribution >= 4 is 11.8 Å². The van der Waals surface area contributed by atoms with Gasteiger partial charge in [0, 0.05) is 5.92 Å². The molecular weight excluding hydrogens is 256 g/mol. The minimum absolute atomic E-state index is 0.132. The largest absolute Gasteiger partial charge is 0.456 e. The number of H-pyrrole nitrogens is 1. The van der Waals surface area contributed by atoms with Crippen LogP contribution in [-0.2, 0) is 11.3 Å². The lowest BCUT2D eigenvalue weighted by atomic mass is 10.1. The van der Waals surface area contributed by atoms with Gasteiger partial charge in [0.15, 0.2) is 5.82 Å². The molecule has 104 valence electrons. The second-order valence-corrected chi connectivity index (χ2v) is 4.73. The van der Waals surface area contributed by atoms with Crippen molar-refractivity contribution in [2.75, 3.05) is 0 Å². The summed E-state index contributed by atoms with van der Waals surface area (Å²) in [5.74, 6) is -0.641. The minimum Gasteiger partial charge on any atom is -0.456 e. The number of carbonyl (C=O) groups excluding carboxylic acids is 2. The van der Waals surface area contributed by atoms with Crippen LogP contribution in [0.2, 0.25) is 0 Å². The summed E-state index contributed by atoms with van der Waals surface area (Å²) in [6, 6.07) is 9.38. The van der Waals surface area contributed by atoms with Gasteiger partial charge < -0.3 is 9.72 Å². The first kappa shape index (κ1) is 14.0. The molecule has 0 aliphatic rings.